The molecule has 3 rings (SSSR count). The van der Waals surface area contributed by atoms with E-state index in [2.05, 4.69) is 27.6 Å². The highest BCUT2D eigenvalue weighted by atomic mass is 127. The van der Waals surface area contributed by atoms with Crippen LogP contribution < -0.4 is 0 Å². The van der Waals surface area contributed by atoms with Gasteiger partial charge >= 0.3 is 5.97 Å². The zero-order chi connectivity index (χ0) is 14.8. The van der Waals surface area contributed by atoms with E-state index in [0.29, 0.717) is 18.0 Å². The maximum atomic E-state index is 12.3. The van der Waals surface area contributed by atoms with Gasteiger partial charge in [0.15, 0.2) is 11.3 Å². The van der Waals surface area contributed by atoms with Gasteiger partial charge in [0.25, 0.3) is 0 Å². The van der Waals surface area contributed by atoms with E-state index in [4.69, 9.17) is 4.74 Å². The van der Waals surface area contributed by atoms with Gasteiger partial charge in [0.1, 0.15) is 5.69 Å². The standard InChI is InChI=1S/C16H13IN2O2/c1-2-21-16(20)14-13(11-7-4-3-5-8-11)18-15-12(17)9-6-10-19(14)15/h3-10H,2H2,1H3. The van der Waals surface area contributed by atoms with Crippen LogP contribution in [-0.2, 0) is 4.74 Å². The molecule has 0 atom stereocenters. The molecule has 0 fully saturated rings. The van der Waals surface area contributed by atoms with E-state index < -0.39 is 0 Å². The first-order valence-corrected chi connectivity index (χ1v) is 7.69. The summed E-state index contributed by atoms with van der Waals surface area (Å²) in [5.74, 6) is -0.356. The number of pyridine rings is 1. The third kappa shape index (κ3) is 2.53. The van der Waals surface area contributed by atoms with Crippen LogP contribution in [0, 0.1) is 3.57 Å². The normalized spacial score (nSPS) is 10.8. The second-order valence-electron chi connectivity index (χ2n) is 4.45. The molecule has 5 heteroatoms. The number of carbonyl (C=O) groups excluding carboxylic acids is 1. The predicted molar refractivity (Wildman–Crippen MR) is 89.3 cm³/mol. The second kappa shape index (κ2) is 5.85. The molecular formula is C16H13IN2O2. The molecule has 0 unspecified atom stereocenters. The highest BCUT2D eigenvalue weighted by Crippen LogP contribution is 2.26. The predicted octanol–water partition coefficient (Wildman–Crippen LogP) is 3.78. The largest absolute Gasteiger partial charge is 0.461 e. The van der Waals surface area contributed by atoms with Crippen LogP contribution in [-0.4, -0.2) is 22.0 Å². The van der Waals surface area contributed by atoms with Gasteiger partial charge in [0.2, 0.25) is 0 Å². The molecule has 0 N–H and O–H groups in total. The third-order valence-electron chi connectivity index (χ3n) is 3.12. The summed E-state index contributed by atoms with van der Waals surface area (Å²) < 4.78 is 7.98. The van der Waals surface area contributed by atoms with Crippen LogP contribution in [0.5, 0.6) is 0 Å². The highest BCUT2D eigenvalue weighted by molar-refractivity contribution is 14.1. The Bertz CT molecular complexity index is 797. The lowest BCUT2D eigenvalue weighted by Gasteiger charge is -2.04. The number of ether oxygens (including phenoxy) is 1. The summed E-state index contributed by atoms with van der Waals surface area (Å²) in [5, 5.41) is 0. The van der Waals surface area contributed by atoms with Crippen molar-refractivity contribution < 1.29 is 9.53 Å². The molecule has 21 heavy (non-hydrogen) atoms. The minimum absolute atomic E-state index is 0.338. The average molecular weight is 392 g/mol. The zero-order valence-electron chi connectivity index (χ0n) is 11.4. The Hall–Kier alpha value is -1.89. The number of hydrogen-bond acceptors (Lipinski definition) is 3. The highest BCUT2D eigenvalue weighted by Gasteiger charge is 2.22. The van der Waals surface area contributed by atoms with Crippen LogP contribution in [0.2, 0.25) is 0 Å². The molecule has 1 aromatic carbocycles. The van der Waals surface area contributed by atoms with E-state index in [1.165, 1.54) is 0 Å². The number of nitrogens with zero attached hydrogens (tertiary/aromatic N) is 2. The first-order valence-electron chi connectivity index (χ1n) is 6.61. The van der Waals surface area contributed by atoms with Crippen molar-refractivity contribution in [2.75, 3.05) is 6.61 Å². The van der Waals surface area contributed by atoms with E-state index >= 15 is 0 Å². The van der Waals surface area contributed by atoms with E-state index in [0.717, 1.165) is 14.8 Å². The van der Waals surface area contributed by atoms with Gasteiger partial charge in [0, 0.05) is 11.8 Å². The fourth-order valence-electron chi connectivity index (χ4n) is 2.23. The van der Waals surface area contributed by atoms with Crippen molar-refractivity contribution in [2.24, 2.45) is 0 Å². The molecule has 0 aliphatic rings. The van der Waals surface area contributed by atoms with Gasteiger partial charge in [-0.3, -0.25) is 4.40 Å². The van der Waals surface area contributed by atoms with Crippen LogP contribution in [0.4, 0.5) is 0 Å². The van der Waals surface area contributed by atoms with Crippen LogP contribution in [0.3, 0.4) is 0 Å². The number of benzene rings is 1. The average Bonchev–Trinajstić information content (AvgIpc) is 2.89. The number of aromatic nitrogens is 2. The van der Waals surface area contributed by atoms with Gasteiger partial charge in [0.05, 0.1) is 10.2 Å². The summed E-state index contributed by atoms with van der Waals surface area (Å²) in [6.07, 6.45) is 1.84. The number of esters is 1. The fourth-order valence-corrected chi connectivity index (χ4v) is 2.81. The minimum Gasteiger partial charge on any atom is -0.461 e. The third-order valence-corrected chi connectivity index (χ3v) is 3.96. The lowest BCUT2D eigenvalue weighted by atomic mass is 10.1. The number of fused-ring (bicyclic) bond motifs is 1. The molecule has 0 aliphatic heterocycles. The topological polar surface area (TPSA) is 43.6 Å². The molecule has 4 nitrogen and oxygen atoms in total. The molecule has 0 radical (unpaired) electrons. The molecule has 0 spiro atoms. The zero-order valence-corrected chi connectivity index (χ0v) is 13.6. The summed E-state index contributed by atoms with van der Waals surface area (Å²) >= 11 is 2.22. The summed E-state index contributed by atoms with van der Waals surface area (Å²) in [4.78, 5) is 17.0. The Morgan fingerprint density at radius 2 is 2.00 bits per heavy atom. The lowest BCUT2D eigenvalue weighted by molar-refractivity contribution is 0.0519. The Morgan fingerprint density at radius 1 is 1.24 bits per heavy atom. The summed E-state index contributed by atoms with van der Waals surface area (Å²) in [5.41, 5.74) is 2.79. The molecule has 3 aromatic rings. The smallest absolute Gasteiger partial charge is 0.357 e. The summed E-state index contributed by atoms with van der Waals surface area (Å²) in [6, 6.07) is 13.5. The van der Waals surface area contributed by atoms with Crippen molar-refractivity contribution in [3.63, 3.8) is 0 Å². The maximum absolute atomic E-state index is 12.3. The van der Waals surface area contributed by atoms with Crippen LogP contribution in [0.25, 0.3) is 16.9 Å². The Morgan fingerprint density at radius 3 is 2.71 bits per heavy atom. The van der Waals surface area contributed by atoms with E-state index in [1.54, 1.807) is 11.3 Å². The van der Waals surface area contributed by atoms with Crippen molar-refractivity contribution >= 4 is 34.2 Å². The fraction of sp³-hybridized carbons (Fsp3) is 0.125. The quantitative estimate of drug-likeness (QED) is 0.504. The Balaban J connectivity index is 2.30. The lowest BCUT2D eigenvalue weighted by Crippen LogP contribution is -2.09. The minimum atomic E-state index is -0.356. The van der Waals surface area contributed by atoms with E-state index in [9.17, 15) is 4.79 Å². The molecule has 2 aromatic heterocycles. The van der Waals surface area contributed by atoms with E-state index in [1.807, 2.05) is 48.7 Å². The summed E-state index contributed by atoms with van der Waals surface area (Å²) in [7, 11) is 0. The number of carbonyl (C=O) groups is 1. The van der Waals surface area contributed by atoms with Crippen LogP contribution >= 0.6 is 22.6 Å². The van der Waals surface area contributed by atoms with Crippen molar-refractivity contribution in [3.8, 4) is 11.3 Å². The molecule has 0 amide bonds. The van der Waals surface area contributed by atoms with Gasteiger partial charge in [-0.05, 0) is 41.6 Å². The molecular weight excluding hydrogens is 379 g/mol. The second-order valence-corrected chi connectivity index (χ2v) is 5.61. The van der Waals surface area contributed by atoms with Gasteiger partial charge in [-0.25, -0.2) is 9.78 Å². The van der Waals surface area contributed by atoms with Crippen LogP contribution in [0.15, 0.2) is 48.7 Å². The van der Waals surface area contributed by atoms with Crippen molar-refractivity contribution in [2.45, 2.75) is 6.92 Å². The molecule has 0 saturated carbocycles. The number of imidazole rings is 1. The molecule has 0 aliphatic carbocycles. The molecule has 106 valence electrons. The molecule has 0 bridgehead atoms. The van der Waals surface area contributed by atoms with Crippen molar-refractivity contribution in [3.05, 3.63) is 57.9 Å². The van der Waals surface area contributed by atoms with Gasteiger partial charge < -0.3 is 4.74 Å². The van der Waals surface area contributed by atoms with Crippen LogP contribution in [0.1, 0.15) is 17.4 Å². The molecule has 0 saturated heterocycles. The maximum Gasteiger partial charge on any atom is 0.357 e. The number of hydrogen-bond donors (Lipinski definition) is 0. The monoisotopic (exact) mass is 392 g/mol. The molecule has 2 heterocycles. The SMILES string of the molecule is CCOC(=O)c1c(-c2ccccc2)nc2c(I)cccn12. The van der Waals surface area contributed by atoms with E-state index in [-0.39, 0.29) is 5.97 Å². The van der Waals surface area contributed by atoms with Crippen molar-refractivity contribution in [1.29, 1.82) is 0 Å². The summed E-state index contributed by atoms with van der Waals surface area (Å²) in [6.45, 7) is 2.14. The first-order chi connectivity index (χ1) is 10.2. The number of rotatable bonds is 3. The first kappa shape index (κ1) is 14.1. The van der Waals surface area contributed by atoms with Crippen molar-refractivity contribution in [1.82, 2.24) is 9.38 Å². The Kier molecular flexibility index (Phi) is 3.92. The number of halogens is 1. The van der Waals surface area contributed by atoms with Gasteiger partial charge in [-0.2, -0.15) is 0 Å². The van der Waals surface area contributed by atoms with Gasteiger partial charge in [-0.15, -0.1) is 0 Å². The van der Waals surface area contributed by atoms with Gasteiger partial charge in [-0.1, -0.05) is 30.3 Å². The Labute approximate surface area is 135 Å².